The summed E-state index contributed by atoms with van der Waals surface area (Å²) in [6.07, 6.45) is 12.7. The normalized spacial score (nSPS) is 17.9. The Hall–Kier alpha value is -3.67. The molecule has 0 atom stereocenters. The molecule has 0 amide bonds. The smallest absolute Gasteiger partial charge is 0.245 e. The number of halogens is 1. The topological polar surface area (TPSA) is 112 Å². The van der Waals surface area contributed by atoms with Gasteiger partial charge in [0.2, 0.25) is 5.95 Å². The summed E-state index contributed by atoms with van der Waals surface area (Å²) in [6.45, 7) is 8.25. The minimum Gasteiger partial charge on any atom is -0.378 e. The van der Waals surface area contributed by atoms with Crippen molar-refractivity contribution in [2.24, 2.45) is 11.0 Å². The molecule has 2 aromatic rings. The molecule has 0 aromatic carbocycles. The Kier molecular flexibility index (Phi) is 9.09. The number of hydrogen-bond acceptors (Lipinski definition) is 10. The Morgan fingerprint density at radius 3 is 2.69 bits per heavy atom. The molecule has 4 heterocycles. The number of nitrogens with one attached hydrogen (secondary N) is 4. The standard InChI is InChI=1S/C25H32FN9O/c1-3-4-20(6-5-18(2)19-13-29-30-14-19)32-22-8-7-21(27-15-22)16-31-34-25-28-17-23(26)24(33-25)35-9-11-36-12-10-35/h3-8,15-17,19,29-30,32H,9-14H2,1-2H3,(H,28,33,34)/b4-3+,18-5+,20-6+,31-16+. The van der Waals surface area contributed by atoms with E-state index in [-0.39, 0.29) is 11.8 Å². The molecule has 2 aliphatic heterocycles. The Labute approximate surface area is 210 Å². The van der Waals surface area contributed by atoms with Crippen LogP contribution in [0.4, 0.5) is 21.8 Å². The van der Waals surface area contributed by atoms with Gasteiger partial charge in [-0.15, -0.1) is 0 Å². The van der Waals surface area contributed by atoms with Gasteiger partial charge in [-0.3, -0.25) is 15.8 Å². The van der Waals surface area contributed by atoms with E-state index in [1.165, 1.54) is 5.57 Å². The lowest BCUT2D eigenvalue weighted by Crippen LogP contribution is -2.37. The fourth-order valence-electron chi connectivity index (χ4n) is 3.75. The van der Waals surface area contributed by atoms with Crippen molar-refractivity contribution in [1.82, 2.24) is 25.8 Å². The third-order valence-electron chi connectivity index (χ3n) is 5.81. The maximum absolute atomic E-state index is 14.2. The van der Waals surface area contributed by atoms with Gasteiger partial charge in [0.1, 0.15) is 0 Å². The molecular formula is C25H32FN9O. The summed E-state index contributed by atoms with van der Waals surface area (Å²) in [5.74, 6) is 0.473. The van der Waals surface area contributed by atoms with Gasteiger partial charge in [-0.25, -0.2) is 14.8 Å². The number of morpholine rings is 1. The minimum absolute atomic E-state index is 0.209. The van der Waals surface area contributed by atoms with Gasteiger partial charge in [0.25, 0.3) is 0 Å². The number of nitrogens with zero attached hydrogens (tertiary/aromatic N) is 5. The van der Waals surface area contributed by atoms with Crippen LogP contribution >= 0.6 is 0 Å². The van der Waals surface area contributed by atoms with E-state index in [1.807, 2.05) is 36.1 Å². The van der Waals surface area contributed by atoms with E-state index in [1.54, 1.807) is 12.4 Å². The van der Waals surface area contributed by atoms with Crippen LogP contribution in [0.1, 0.15) is 19.5 Å². The fraction of sp³-hybridized carbons (Fsp3) is 0.360. The van der Waals surface area contributed by atoms with Crippen LogP contribution in [0.3, 0.4) is 0 Å². The summed E-state index contributed by atoms with van der Waals surface area (Å²) in [5.41, 5.74) is 12.9. The van der Waals surface area contributed by atoms with E-state index < -0.39 is 5.82 Å². The molecule has 0 unspecified atom stereocenters. The molecular weight excluding hydrogens is 461 g/mol. The lowest BCUT2D eigenvalue weighted by molar-refractivity contribution is 0.122. The first-order valence-electron chi connectivity index (χ1n) is 12.0. The highest BCUT2D eigenvalue weighted by Gasteiger charge is 2.18. The van der Waals surface area contributed by atoms with Gasteiger partial charge in [0.05, 0.1) is 43.2 Å². The van der Waals surface area contributed by atoms with Crippen LogP contribution in [0.5, 0.6) is 0 Å². The van der Waals surface area contributed by atoms with Gasteiger partial charge in [0, 0.05) is 37.8 Å². The highest BCUT2D eigenvalue weighted by atomic mass is 19.1. The molecule has 36 heavy (non-hydrogen) atoms. The number of pyridine rings is 1. The van der Waals surface area contributed by atoms with Crippen LogP contribution in [-0.2, 0) is 4.74 Å². The van der Waals surface area contributed by atoms with Gasteiger partial charge in [0.15, 0.2) is 11.6 Å². The molecule has 4 N–H and O–H groups in total. The summed E-state index contributed by atoms with van der Waals surface area (Å²) >= 11 is 0. The second kappa shape index (κ2) is 12.9. The Morgan fingerprint density at radius 1 is 1.17 bits per heavy atom. The highest BCUT2D eigenvalue weighted by molar-refractivity contribution is 5.78. The van der Waals surface area contributed by atoms with Crippen molar-refractivity contribution in [1.29, 1.82) is 0 Å². The summed E-state index contributed by atoms with van der Waals surface area (Å²) in [4.78, 5) is 14.5. The molecule has 2 aromatic heterocycles. The zero-order valence-electron chi connectivity index (χ0n) is 20.5. The first kappa shape index (κ1) is 25.4. The monoisotopic (exact) mass is 493 g/mol. The van der Waals surface area contributed by atoms with E-state index >= 15 is 0 Å². The van der Waals surface area contributed by atoms with E-state index in [4.69, 9.17) is 4.74 Å². The number of aromatic nitrogens is 3. The van der Waals surface area contributed by atoms with E-state index in [9.17, 15) is 4.39 Å². The predicted octanol–water partition coefficient (Wildman–Crippen LogP) is 2.84. The van der Waals surface area contributed by atoms with Gasteiger partial charge in [-0.1, -0.05) is 17.7 Å². The first-order chi connectivity index (χ1) is 17.6. The predicted molar refractivity (Wildman–Crippen MR) is 140 cm³/mol. The maximum Gasteiger partial charge on any atom is 0.245 e. The van der Waals surface area contributed by atoms with Crippen molar-refractivity contribution < 1.29 is 9.13 Å². The van der Waals surface area contributed by atoms with Crippen molar-refractivity contribution in [3.05, 3.63) is 71.6 Å². The summed E-state index contributed by atoms with van der Waals surface area (Å²) < 4.78 is 19.5. The third kappa shape index (κ3) is 7.17. The van der Waals surface area contributed by atoms with Crippen LogP contribution in [-0.4, -0.2) is 60.6 Å². The van der Waals surface area contributed by atoms with Gasteiger partial charge in [-0.2, -0.15) is 10.1 Å². The summed E-state index contributed by atoms with van der Waals surface area (Å²) in [5, 5.41) is 7.53. The largest absolute Gasteiger partial charge is 0.378 e. The fourth-order valence-corrected chi connectivity index (χ4v) is 3.75. The SMILES string of the molecule is C/C=C/C(=C\C=C(/C)C1CNNC1)Nc1ccc(/C=N/Nc2ncc(F)c(N3CCOCC3)n2)nc1. The second-order valence-electron chi connectivity index (χ2n) is 8.42. The average molecular weight is 494 g/mol. The van der Waals surface area contributed by atoms with Crippen LogP contribution in [0.2, 0.25) is 0 Å². The number of ether oxygens (including phenoxy) is 1. The van der Waals surface area contributed by atoms with Gasteiger partial charge in [-0.05, 0) is 38.1 Å². The van der Waals surface area contributed by atoms with E-state index in [2.05, 4.69) is 60.7 Å². The van der Waals surface area contributed by atoms with Crippen LogP contribution in [0.15, 0.2) is 65.2 Å². The lowest BCUT2D eigenvalue weighted by Gasteiger charge is -2.27. The number of hydrazone groups is 1. The Bertz CT molecular complexity index is 1120. The van der Waals surface area contributed by atoms with Crippen LogP contribution in [0.25, 0.3) is 0 Å². The number of hydrazine groups is 1. The Morgan fingerprint density at radius 2 is 1.97 bits per heavy atom. The number of rotatable bonds is 9. The van der Waals surface area contributed by atoms with Gasteiger partial charge < -0.3 is 15.0 Å². The highest BCUT2D eigenvalue weighted by Crippen LogP contribution is 2.18. The summed E-state index contributed by atoms with van der Waals surface area (Å²) in [6, 6.07) is 3.78. The zero-order valence-corrected chi connectivity index (χ0v) is 20.5. The lowest BCUT2D eigenvalue weighted by atomic mass is 10.0. The third-order valence-corrected chi connectivity index (χ3v) is 5.81. The molecule has 0 bridgehead atoms. The number of hydrogen-bond donors (Lipinski definition) is 4. The van der Waals surface area contributed by atoms with Crippen molar-refractivity contribution in [3.8, 4) is 0 Å². The maximum atomic E-state index is 14.2. The van der Waals surface area contributed by atoms with E-state index in [0.29, 0.717) is 37.9 Å². The molecule has 0 radical (unpaired) electrons. The van der Waals surface area contributed by atoms with Crippen molar-refractivity contribution >= 4 is 23.7 Å². The molecule has 0 saturated carbocycles. The molecule has 2 fully saturated rings. The molecule has 2 saturated heterocycles. The summed E-state index contributed by atoms with van der Waals surface area (Å²) in [7, 11) is 0. The molecule has 2 aliphatic rings. The number of anilines is 3. The molecule has 0 spiro atoms. The molecule has 4 rings (SSSR count). The van der Waals surface area contributed by atoms with Gasteiger partial charge >= 0.3 is 0 Å². The molecule has 0 aliphatic carbocycles. The molecule has 190 valence electrons. The van der Waals surface area contributed by atoms with E-state index in [0.717, 1.165) is 30.7 Å². The van der Waals surface area contributed by atoms with Crippen molar-refractivity contribution in [2.45, 2.75) is 13.8 Å². The Balaban J connectivity index is 1.35. The van der Waals surface area contributed by atoms with Crippen LogP contribution in [0, 0.1) is 11.7 Å². The van der Waals surface area contributed by atoms with Crippen molar-refractivity contribution in [2.75, 3.05) is 55.0 Å². The minimum atomic E-state index is -0.472. The first-order valence-corrected chi connectivity index (χ1v) is 12.0. The number of allylic oxidation sites excluding steroid dienone is 4. The zero-order chi connectivity index (χ0) is 25.2. The van der Waals surface area contributed by atoms with Crippen molar-refractivity contribution in [3.63, 3.8) is 0 Å². The second-order valence-corrected chi connectivity index (χ2v) is 8.42. The quantitative estimate of drug-likeness (QED) is 0.238. The molecule has 11 heteroatoms. The van der Waals surface area contributed by atoms with Crippen LogP contribution < -0.4 is 26.5 Å². The average Bonchev–Trinajstić information content (AvgIpc) is 3.45. The molecule has 10 nitrogen and oxygen atoms in total.